The summed E-state index contributed by atoms with van der Waals surface area (Å²) in [5, 5.41) is 4.42. The molecule has 9 heteroatoms. The molecule has 0 saturated heterocycles. The lowest BCUT2D eigenvalue weighted by molar-refractivity contribution is 0.0601. The molecule has 0 aliphatic heterocycles. The third-order valence-corrected chi connectivity index (χ3v) is 6.45. The van der Waals surface area contributed by atoms with Crippen LogP contribution in [0.4, 0.5) is 0 Å². The average molecular weight is 507 g/mol. The quantitative estimate of drug-likeness (QED) is 0.368. The molecule has 0 bridgehead atoms. The van der Waals surface area contributed by atoms with Crippen molar-refractivity contribution in [3.8, 4) is 0 Å². The van der Waals surface area contributed by atoms with Crippen LogP contribution in [0.25, 0.3) is 5.65 Å². The molecule has 36 heavy (non-hydrogen) atoms. The maximum absolute atomic E-state index is 13.8. The van der Waals surface area contributed by atoms with Crippen LogP contribution in [0.3, 0.4) is 0 Å². The van der Waals surface area contributed by atoms with E-state index < -0.39 is 6.04 Å². The first-order chi connectivity index (χ1) is 17.3. The molecule has 2 heterocycles. The number of fused-ring (bicyclic) bond motifs is 1. The lowest BCUT2D eigenvalue weighted by Crippen LogP contribution is -2.43. The molecule has 0 unspecified atom stereocenters. The van der Waals surface area contributed by atoms with E-state index in [-0.39, 0.29) is 34.7 Å². The fraction of sp³-hybridized carbons (Fsp3) is 0.333. The predicted molar refractivity (Wildman–Crippen MR) is 141 cm³/mol. The molecule has 0 fully saturated rings. The molecule has 2 aromatic heterocycles. The first-order valence-corrected chi connectivity index (χ1v) is 12.4. The van der Waals surface area contributed by atoms with E-state index in [0.717, 1.165) is 11.1 Å². The van der Waals surface area contributed by atoms with E-state index in [1.807, 2.05) is 75.4 Å². The van der Waals surface area contributed by atoms with Crippen LogP contribution in [-0.4, -0.2) is 43.1 Å². The summed E-state index contributed by atoms with van der Waals surface area (Å²) in [7, 11) is 0. The molecule has 188 valence electrons. The molecule has 1 amide bonds. The van der Waals surface area contributed by atoms with Crippen molar-refractivity contribution in [2.45, 2.75) is 39.8 Å². The number of aromatic nitrogens is 4. The Labute approximate surface area is 215 Å². The molecule has 0 radical (unpaired) electrons. The minimum Gasteiger partial charge on any atom is -0.330 e. The Bertz CT molecular complexity index is 1400. The number of rotatable bonds is 9. The van der Waals surface area contributed by atoms with E-state index in [2.05, 4.69) is 5.10 Å². The molecular weight excluding hydrogens is 476 g/mol. The Morgan fingerprint density at radius 2 is 1.81 bits per heavy atom. The summed E-state index contributed by atoms with van der Waals surface area (Å²) in [5.41, 5.74) is 8.33. The van der Waals surface area contributed by atoms with Crippen molar-refractivity contribution in [3.05, 3.63) is 98.8 Å². The number of amides is 1. The number of nitrogens with two attached hydrogens (primary N) is 1. The van der Waals surface area contributed by atoms with E-state index in [0.29, 0.717) is 30.9 Å². The van der Waals surface area contributed by atoms with Crippen LogP contribution in [0.5, 0.6) is 0 Å². The largest absolute Gasteiger partial charge is 0.352 e. The smallest absolute Gasteiger partial charge is 0.330 e. The van der Waals surface area contributed by atoms with Gasteiger partial charge < -0.3 is 10.6 Å². The second-order valence-electron chi connectivity index (χ2n) is 9.25. The number of benzene rings is 2. The van der Waals surface area contributed by atoms with Gasteiger partial charge in [-0.05, 0) is 43.5 Å². The number of carbonyl (C=O) groups excluding carboxylic acids is 1. The highest BCUT2D eigenvalue weighted by Crippen LogP contribution is 2.30. The van der Waals surface area contributed by atoms with Crippen molar-refractivity contribution >= 4 is 23.2 Å². The third-order valence-electron chi connectivity index (χ3n) is 6.19. The van der Waals surface area contributed by atoms with Gasteiger partial charge in [-0.15, -0.1) is 0 Å². The normalized spacial score (nSPS) is 12.3. The van der Waals surface area contributed by atoms with Crippen molar-refractivity contribution in [2.75, 3.05) is 13.1 Å². The summed E-state index contributed by atoms with van der Waals surface area (Å²) in [6.45, 7) is 7.15. The number of hydrogen-bond acceptors (Lipinski definition) is 5. The van der Waals surface area contributed by atoms with Crippen molar-refractivity contribution in [2.24, 2.45) is 11.7 Å². The highest BCUT2D eigenvalue weighted by atomic mass is 35.5. The summed E-state index contributed by atoms with van der Waals surface area (Å²) in [4.78, 5) is 34.1. The van der Waals surface area contributed by atoms with E-state index in [9.17, 15) is 9.59 Å². The zero-order valence-electron chi connectivity index (χ0n) is 20.8. The van der Waals surface area contributed by atoms with Gasteiger partial charge in [0.1, 0.15) is 10.8 Å². The molecule has 0 aliphatic rings. The standard InChI is InChI=1S/C27H31ClN6O2/c1-18(2)23(32(15-7-14-29)26(35)21-12-10-19(3)11-13-21)25-31-24-22(28)16-30-34(24)27(36)33(25)17-20-8-5-4-6-9-20/h4-6,8-13,16,18,23H,7,14-15,17,29H2,1-3H3/t23-/m1/s1. The molecule has 0 spiro atoms. The van der Waals surface area contributed by atoms with E-state index in [1.54, 1.807) is 9.47 Å². The lowest BCUT2D eigenvalue weighted by Gasteiger charge is -2.35. The molecule has 4 rings (SSSR count). The Hall–Kier alpha value is -3.49. The molecule has 0 aliphatic carbocycles. The van der Waals surface area contributed by atoms with Gasteiger partial charge in [0.2, 0.25) is 0 Å². The highest BCUT2D eigenvalue weighted by Gasteiger charge is 2.33. The van der Waals surface area contributed by atoms with Crippen LogP contribution < -0.4 is 11.4 Å². The maximum atomic E-state index is 13.8. The molecule has 4 aromatic rings. The molecule has 2 N–H and O–H groups in total. The molecule has 8 nitrogen and oxygen atoms in total. The van der Waals surface area contributed by atoms with Crippen LogP contribution in [0.1, 0.15) is 53.6 Å². The molecule has 1 atom stereocenters. The van der Waals surface area contributed by atoms with Gasteiger partial charge in [-0.1, -0.05) is 73.5 Å². The van der Waals surface area contributed by atoms with Gasteiger partial charge in [-0.25, -0.2) is 9.78 Å². The van der Waals surface area contributed by atoms with Crippen molar-refractivity contribution in [1.82, 2.24) is 24.1 Å². The SMILES string of the molecule is Cc1ccc(C(=O)N(CCCN)[C@@H](c2nc3c(Cl)cnn3c(=O)n2Cc2ccccc2)C(C)C)cc1. The summed E-state index contributed by atoms with van der Waals surface area (Å²) < 4.78 is 2.80. The van der Waals surface area contributed by atoms with Crippen molar-refractivity contribution in [1.29, 1.82) is 0 Å². The van der Waals surface area contributed by atoms with Crippen molar-refractivity contribution < 1.29 is 4.79 Å². The monoisotopic (exact) mass is 506 g/mol. The van der Waals surface area contributed by atoms with Crippen LogP contribution >= 0.6 is 11.6 Å². The van der Waals surface area contributed by atoms with Gasteiger partial charge >= 0.3 is 5.69 Å². The van der Waals surface area contributed by atoms with Crippen molar-refractivity contribution in [3.63, 3.8) is 0 Å². The Balaban J connectivity index is 1.91. The Kier molecular flexibility index (Phi) is 7.86. The van der Waals surface area contributed by atoms with Gasteiger partial charge in [0.05, 0.1) is 18.8 Å². The summed E-state index contributed by atoms with van der Waals surface area (Å²) in [6.07, 6.45) is 2.02. The summed E-state index contributed by atoms with van der Waals surface area (Å²) in [5.74, 6) is 0.267. The van der Waals surface area contributed by atoms with Crippen LogP contribution in [0.15, 0.2) is 65.6 Å². The van der Waals surface area contributed by atoms with E-state index >= 15 is 0 Å². The van der Waals surface area contributed by atoms with Gasteiger partial charge in [0.25, 0.3) is 5.91 Å². The zero-order chi connectivity index (χ0) is 25.8. The van der Waals surface area contributed by atoms with Gasteiger partial charge in [0.15, 0.2) is 5.65 Å². The first kappa shape index (κ1) is 25.6. The zero-order valence-corrected chi connectivity index (χ0v) is 21.5. The predicted octanol–water partition coefficient (Wildman–Crippen LogP) is 4.09. The molecule has 0 saturated carbocycles. The van der Waals surface area contributed by atoms with Gasteiger partial charge in [-0.2, -0.15) is 9.61 Å². The third kappa shape index (κ3) is 5.20. The second-order valence-corrected chi connectivity index (χ2v) is 9.66. The number of halogens is 1. The van der Waals surface area contributed by atoms with Crippen LogP contribution in [-0.2, 0) is 6.54 Å². The van der Waals surface area contributed by atoms with E-state index in [4.69, 9.17) is 22.3 Å². The average Bonchev–Trinajstić information content (AvgIpc) is 3.24. The second kappa shape index (κ2) is 11.1. The van der Waals surface area contributed by atoms with Crippen LogP contribution in [0, 0.1) is 12.8 Å². The van der Waals surface area contributed by atoms with Gasteiger partial charge in [0, 0.05) is 12.1 Å². The molecular formula is C27H31ClN6O2. The van der Waals surface area contributed by atoms with E-state index in [1.165, 1.54) is 10.7 Å². The topological polar surface area (TPSA) is 98.5 Å². The number of hydrogen-bond donors (Lipinski definition) is 1. The Morgan fingerprint density at radius 1 is 1.11 bits per heavy atom. The summed E-state index contributed by atoms with van der Waals surface area (Å²) in [6, 6.07) is 16.6. The minimum absolute atomic E-state index is 0.0600. The minimum atomic E-state index is -0.502. The molecule has 2 aromatic carbocycles. The number of nitrogens with zero attached hydrogens (tertiary/aromatic N) is 5. The lowest BCUT2D eigenvalue weighted by atomic mass is 9.99. The Morgan fingerprint density at radius 3 is 2.44 bits per heavy atom. The highest BCUT2D eigenvalue weighted by molar-refractivity contribution is 6.33. The fourth-order valence-corrected chi connectivity index (χ4v) is 4.54. The maximum Gasteiger partial charge on any atom is 0.352 e. The summed E-state index contributed by atoms with van der Waals surface area (Å²) >= 11 is 6.36. The fourth-order valence-electron chi connectivity index (χ4n) is 4.37. The number of aryl methyl sites for hydroxylation is 1. The van der Waals surface area contributed by atoms with Gasteiger partial charge in [-0.3, -0.25) is 9.36 Å². The first-order valence-electron chi connectivity index (χ1n) is 12.1. The van der Waals surface area contributed by atoms with Crippen LogP contribution in [0.2, 0.25) is 5.02 Å². The number of carbonyl (C=O) groups is 1.